The number of aromatic nitrogens is 6. The fraction of sp³-hybridized carbons (Fsp3) is 0.125. The van der Waals surface area contributed by atoms with Gasteiger partial charge in [0, 0.05) is 11.1 Å². The number of hydrogen-bond acceptors (Lipinski definition) is 6. The molecule has 0 saturated carbocycles. The Labute approximate surface area is 200 Å². The molecule has 0 aliphatic carbocycles. The van der Waals surface area contributed by atoms with Crippen molar-refractivity contribution >= 4 is 34.4 Å². The van der Waals surface area contributed by atoms with Gasteiger partial charge >= 0.3 is 0 Å². The number of nitrogens with zero attached hydrogens (tertiary/aromatic N) is 6. The molecule has 0 fully saturated rings. The minimum Gasteiger partial charge on any atom is -0.481 e. The number of fused-ring (bicyclic) bond motifs is 1. The molecular formula is C24H20ClN7O2. The molecule has 3 heterocycles. The fourth-order valence-electron chi connectivity index (χ4n) is 3.51. The first-order valence-corrected chi connectivity index (χ1v) is 10.9. The number of carbonyl (C=O) groups is 1. The van der Waals surface area contributed by atoms with Crippen molar-refractivity contribution in [1.29, 1.82) is 0 Å². The summed E-state index contributed by atoms with van der Waals surface area (Å²) in [6.07, 6.45) is 2.39. The average molecular weight is 474 g/mol. The summed E-state index contributed by atoms with van der Waals surface area (Å²) in [5.41, 5.74) is 2.11. The maximum atomic E-state index is 12.9. The molecule has 2 aromatic carbocycles. The average Bonchev–Trinajstić information content (AvgIpc) is 3.43. The zero-order valence-electron chi connectivity index (χ0n) is 18.4. The first-order chi connectivity index (χ1) is 16.5. The van der Waals surface area contributed by atoms with Crippen LogP contribution < -0.4 is 10.1 Å². The molecule has 0 spiro atoms. The highest BCUT2D eigenvalue weighted by Crippen LogP contribution is 2.25. The first kappa shape index (κ1) is 21.6. The number of aryl methyl sites for hydroxylation is 1. The Morgan fingerprint density at radius 3 is 2.59 bits per heavy atom. The van der Waals surface area contributed by atoms with E-state index >= 15 is 0 Å². The first-order valence-electron chi connectivity index (χ1n) is 10.5. The van der Waals surface area contributed by atoms with Crippen molar-refractivity contribution in [1.82, 2.24) is 29.5 Å². The van der Waals surface area contributed by atoms with Crippen molar-refractivity contribution in [2.45, 2.75) is 20.0 Å². The lowest BCUT2D eigenvalue weighted by molar-refractivity contribution is -0.122. The van der Waals surface area contributed by atoms with Gasteiger partial charge in [-0.05, 0) is 50.2 Å². The Hall–Kier alpha value is -4.24. The van der Waals surface area contributed by atoms with E-state index in [1.165, 1.54) is 6.33 Å². The lowest BCUT2D eigenvalue weighted by Crippen LogP contribution is -2.31. The molecule has 9 nitrogen and oxygen atoms in total. The number of rotatable bonds is 6. The molecule has 34 heavy (non-hydrogen) atoms. The van der Waals surface area contributed by atoms with Crippen molar-refractivity contribution in [3.63, 3.8) is 0 Å². The van der Waals surface area contributed by atoms with Crippen LogP contribution in [-0.2, 0) is 4.79 Å². The maximum Gasteiger partial charge on any atom is 0.266 e. The van der Waals surface area contributed by atoms with Crippen LogP contribution in [0.25, 0.3) is 22.5 Å². The summed E-state index contributed by atoms with van der Waals surface area (Å²) in [6, 6.07) is 18.2. The Morgan fingerprint density at radius 2 is 1.82 bits per heavy atom. The Kier molecular flexibility index (Phi) is 5.69. The normalized spacial score (nSPS) is 12.0. The fourth-order valence-corrected chi connectivity index (χ4v) is 3.63. The van der Waals surface area contributed by atoms with Crippen molar-refractivity contribution < 1.29 is 9.53 Å². The number of ether oxygens (including phenoxy) is 1. The molecule has 1 N–H and O–H groups in total. The lowest BCUT2D eigenvalue weighted by atomic mass is 10.3. The van der Waals surface area contributed by atoms with E-state index in [1.54, 1.807) is 52.8 Å². The van der Waals surface area contributed by atoms with Gasteiger partial charge in [-0.25, -0.2) is 14.6 Å². The molecule has 1 amide bonds. The van der Waals surface area contributed by atoms with Crippen LogP contribution >= 0.6 is 11.6 Å². The molecule has 0 aliphatic rings. The van der Waals surface area contributed by atoms with Crippen LogP contribution in [0, 0.1) is 6.92 Å². The van der Waals surface area contributed by atoms with Crippen LogP contribution in [0.1, 0.15) is 12.6 Å². The Morgan fingerprint density at radius 1 is 1.06 bits per heavy atom. The summed E-state index contributed by atoms with van der Waals surface area (Å²) in [5, 5.41) is 13.2. The highest BCUT2D eigenvalue weighted by atomic mass is 35.5. The Bertz CT molecular complexity index is 1460. The summed E-state index contributed by atoms with van der Waals surface area (Å²) < 4.78 is 9.01. The van der Waals surface area contributed by atoms with Crippen LogP contribution in [0.3, 0.4) is 0 Å². The van der Waals surface area contributed by atoms with Crippen molar-refractivity contribution in [2.24, 2.45) is 0 Å². The van der Waals surface area contributed by atoms with Gasteiger partial charge in [0.15, 0.2) is 17.6 Å². The molecule has 3 aromatic heterocycles. The summed E-state index contributed by atoms with van der Waals surface area (Å²) in [7, 11) is 0. The van der Waals surface area contributed by atoms with Gasteiger partial charge in [0.25, 0.3) is 5.91 Å². The number of benzene rings is 2. The highest BCUT2D eigenvalue weighted by Gasteiger charge is 2.20. The van der Waals surface area contributed by atoms with Crippen LogP contribution in [0.4, 0.5) is 5.82 Å². The molecule has 5 aromatic rings. The minimum atomic E-state index is -0.718. The van der Waals surface area contributed by atoms with Crippen molar-refractivity contribution in [3.05, 3.63) is 83.9 Å². The van der Waals surface area contributed by atoms with Gasteiger partial charge in [-0.15, -0.1) is 0 Å². The molecule has 1 atom stereocenters. The standard InChI is InChI=1S/C24H20ClN7O2/c1-15-12-21(29-24(33)16(2)34-19-6-4-3-5-7-19)32(30-15)23-20-13-28-31(22(20)26-14-27-23)18-10-8-17(25)9-11-18/h3-14,16H,1-2H3,(H,29,33)/t16-/m1/s1. The molecule has 0 bridgehead atoms. The number of halogens is 1. The number of anilines is 1. The van der Waals surface area contributed by atoms with E-state index in [-0.39, 0.29) is 5.91 Å². The Balaban J connectivity index is 1.46. The number of amides is 1. The van der Waals surface area contributed by atoms with E-state index in [1.807, 2.05) is 37.3 Å². The van der Waals surface area contributed by atoms with Gasteiger partial charge in [0.2, 0.25) is 0 Å². The molecule has 0 unspecified atom stereocenters. The predicted molar refractivity (Wildman–Crippen MR) is 129 cm³/mol. The highest BCUT2D eigenvalue weighted by molar-refractivity contribution is 6.30. The third-order valence-corrected chi connectivity index (χ3v) is 5.38. The lowest BCUT2D eigenvalue weighted by Gasteiger charge is -2.15. The summed E-state index contributed by atoms with van der Waals surface area (Å²) in [4.78, 5) is 21.7. The third kappa shape index (κ3) is 4.20. The van der Waals surface area contributed by atoms with E-state index in [0.29, 0.717) is 39.1 Å². The van der Waals surface area contributed by atoms with E-state index in [2.05, 4.69) is 25.5 Å². The molecule has 5 rings (SSSR count). The van der Waals surface area contributed by atoms with Crippen LogP contribution in [0.5, 0.6) is 5.75 Å². The maximum absolute atomic E-state index is 12.9. The molecular weight excluding hydrogens is 454 g/mol. The van der Waals surface area contributed by atoms with Crippen LogP contribution in [0.15, 0.2) is 73.2 Å². The van der Waals surface area contributed by atoms with Crippen molar-refractivity contribution in [2.75, 3.05) is 5.32 Å². The van der Waals surface area contributed by atoms with Crippen molar-refractivity contribution in [3.8, 4) is 17.3 Å². The molecule has 0 aliphatic heterocycles. The second-order valence-corrected chi connectivity index (χ2v) is 8.05. The topological polar surface area (TPSA) is 99.7 Å². The monoisotopic (exact) mass is 473 g/mol. The number of hydrogen-bond donors (Lipinski definition) is 1. The predicted octanol–water partition coefficient (Wildman–Crippen LogP) is 4.37. The second-order valence-electron chi connectivity index (χ2n) is 7.61. The molecule has 0 radical (unpaired) electrons. The van der Waals surface area contributed by atoms with Gasteiger partial charge in [-0.2, -0.15) is 14.9 Å². The van der Waals surface area contributed by atoms with E-state index in [9.17, 15) is 4.79 Å². The number of para-hydroxylation sites is 1. The minimum absolute atomic E-state index is 0.313. The van der Waals surface area contributed by atoms with Gasteiger partial charge in [0.05, 0.1) is 23.0 Å². The van der Waals surface area contributed by atoms with Gasteiger partial charge < -0.3 is 10.1 Å². The number of nitrogens with one attached hydrogen (secondary N) is 1. The van der Waals surface area contributed by atoms with Gasteiger partial charge in [-0.3, -0.25) is 4.79 Å². The van der Waals surface area contributed by atoms with E-state index in [4.69, 9.17) is 16.3 Å². The zero-order chi connectivity index (χ0) is 23.7. The molecule has 0 saturated heterocycles. The quantitative estimate of drug-likeness (QED) is 0.393. The smallest absolute Gasteiger partial charge is 0.266 e. The van der Waals surface area contributed by atoms with Gasteiger partial charge in [-0.1, -0.05) is 29.8 Å². The van der Waals surface area contributed by atoms with E-state index < -0.39 is 6.10 Å². The second kappa shape index (κ2) is 8.95. The van der Waals surface area contributed by atoms with Gasteiger partial charge in [0.1, 0.15) is 17.9 Å². The largest absolute Gasteiger partial charge is 0.481 e. The zero-order valence-corrected chi connectivity index (χ0v) is 19.1. The molecule has 170 valence electrons. The summed E-state index contributed by atoms with van der Waals surface area (Å²) in [6.45, 7) is 3.53. The third-order valence-electron chi connectivity index (χ3n) is 5.12. The van der Waals surface area contributed by atoms with E-state index in [0.717, 1.165) is 5.69 Å². The van der Waals surface area contributed by atoms with Crippen LogP contribution in [-0.4, -0.2) is 41.5 Å². The molecule has 10 heteroatoms. The SMILES string of the molecule is Cc1cc(NC(=O)[C@@H](C)Oc2ccccc2)n(-c2ncnc3c2cnn3-c2ccc(Cl)cc2)n1. The summed E-state index contributed by atoms with van der Waals surface area (Å²) in [5.74, 6) is 1.25. The van der Waals surface area contributed by atoms with Crippen LogP contribution in [0.2, 0.25) is 5.02 Å². The number of carbonyl (C=O) groups excluding carboxylic acids is 1. The summed E-state index contributed by atoms with van der Waals surface area (Å²) >= 11 is 6.01.